The number of nitrogens with zero attached hydrogens (tertiary/aromatic N) is 1. The Morgan fingerprint density at radius 3 is 2.71 bits per heavy atom. The molecule has 1 unspecified atom stereocenters. The summed E-state index contributed by atoms with van der Waals surface area (Å²) in [7, 11) is 1.57. The Labute approximate surface area is 140 Å². The van der Waals surface area contributed by atoms with Gasteiger partial charge in [-0.2, -0.15) is 0 Å². The van der Waals surface area contributed by atoms with Gasteiger partial charge in [-0.1, -0.05) is 6.92 Å². The molecule has 112 valence electrons. The van der Waals surface area contributed by atoms with Gasteiger partial charge in [0.05, 0.1) is 18.8 Å². The highest BCUT2D eigenvalue weighted by molar-refractivity contribution is 9.11. The molecule has 6 heteroatoms. The van der Waals surface area contributed by atoms with Gasteiger partial charge in [0.25, 0.3) is 0 Å². The molecular weight excluding hydrogens is 403 g/mol. The first-order valence-corrected chi connectivity index (χ1v) is 8.03. The third kappa shape index (κ3) is 3.81. The number of benzene rings is 1. The van der Waals surface area contributed by atoms with Gasteiger partial charge in [0.2, 0.25) is 0 Å². The van der Waals surface area contributed by atoms with Gasteiger partial charge in [-0.25, -0.2) is 4.39 Å². The van der Waals surface area contributed by atoms with Crippen LogP contribution in [0.4, 0.5) is 4.39 Å². The van der Waals surface area contributed by atoms with E-state index in [1.807, 2.05) is 13.0 Å². The van der Waals surface area contributed by atoms with E-state index < -0.39 is 0 Å². The van der Waals surface area contributed by atoms with Crippen LogP contribution in [0.1, 0.15) is 24.2 Å². The molecule has 0 radical (unpaired) electrons. The van der Waals surface area contributed by atoms with Crippen LogP contribution in [0.25, 0.3) is 0 Å². The van der Waals surface area contributed by atoms with E-state index in [1.54, 1.807) is 19.4 Å². The van der Waals surface area contributed by atoms with Crippen molar-refractivity contribution in [3.05, 3.63) is 56.5 Å². The largest absolute Gasteiger partial charge is 0.496 e. The van der Waals surface area contributed by atoms with Crippen LogP contribution in [-0.2, 0) is 0 Å². The lowest BCUT2D eigenvalue weighted by atomic mass is 10.0. The minimum Gasteiger partial charge on any atom is -0.496 e. The molecule has 0 aliphatic carbocycles. The number of hydrogen-bond acceptors (Lipinski definition) is 3. The van der Waals surface area contributed by atoms with Crippen LogP contribution in [0, 0.1) is 5.82 Å². The Balaban J connectivity index is 2.55. The van der Waals surface area contributed by atoms with E-state index >= 15 is 0 Å². The third-order valence-corrected chi connectivity index (χ3v) is 4.09. The monoisotopic (exact) mass is 416 g/mol. The number of halogens is 3. The molecule has 2 rings (SSSR count). The van der Waals surface area contributed by atoms with Gasteiger partial charge in [-0.3, -0.25) is 4.98 Å². The average Bonchev–Trinajstić information content (AvgIpc) is 2.45. The maximum absolute atomic E-state index is 13.6. The fourth-order valence-electron chi connectivity index (χ4n) is 2.13. The van der Waals surface area contributed by atoms with Crippen LogP contribution >= 0.6 is 31.9 Å². The first kappa shape index (κ1) is 16.4. The lowest BCUT2D eigenvalue weighted by Crippen LogP contribution is -2.24. The molecule has 1 aromatic heterocycles. The Morgan fingerprint density at radius 2 is 2.10 bits per heavy atom. The lowest BCUT2D eigenvalue weighted by molar-refractivity contribution is 0.402. The fraction of sp³-hybridized carbons (Fsp3) is 0.267. The molecule has 0 spiro atoms. The molecule has 0 saturated carbocycles. The SMILES string of the molecule is CCNC(c1cc(F)ccc1OC)c1ncc(Br)cc1Br. The number of hydrogen-bond donors (Lipinski definition) is 1. The second-order valence-electron chi connectivity index (χ2n) is 4.40. The minimum absolute atomic E-state index is 0.261. The molecule has 0 bridgehead atoms. The van der Waals surface area contributed by atoms with Crippen LogP contribution in [0.5, 0.6) is 5.75 Å². The van der Waals surface area contributed by atoms with Crippen molar-refractivity contribution in [2.75, 3.05) is 13.7 Å². The zero-order valence-corrected chi connectivity index (χ0v) is 14.8. The van der Waals surface area contributed by atoms with Crippen molar-refractivity contribution >= 4 is 31.9 Å². The summed E-state index contributed by atoms with van der Waals surface area (Å²) in [4.78, 5) is 4.44. The summed E-state index contributed by atoms with van der Waals surface area (Å²) in [5, 5.41) is 3.32. The molecule has 2 aromatic rings. The third-order valence-electron chi connectivity index (χ3n) is 3.02. The van der Waals surface area contributed by atoms with E-state index in [0.29, 0.717) is 12.3 Å². The van der Waals surface area contributed by atoms with Crippen molar-refractivity contribution < 1.29 is 9.13 Å². The van der Waals surface area contributed by atoms with Gasteiger partial charge < -0.3 is 10.1 Å². The first-order valence-electron chi connectivity index (χ1n) is 6.44. The highest BCUT2D eigenvalue weighted by atomic mass is 79.9. The maximum Gasteiger partial charge on any atom is 0.124 e. The molecule has 0 amide bonds. The smallest absolute Gasteiger partial charge is 0.124 e. The Hall–Kier alpha value is -0.980. The number of aromatic nitrogens is 1. The molecule has 0 aliphatic heterocycles. The van der Waals surface area contributed by atoms with Crippen LogP contribution in [0.2, 0.25) is 0 Å². The fourth-order valence-corrected chi connectivity index (χ4v) is 3.34. The molecule has 1 aromatic carbocycles. The normalized spacial score (nSPS) is 12.2. The average molecular weight is 418 g/mol. The summed E-state index contributed by atoms with van der Waals surface area (Å²) in [5.41, 5.74) is 1.50. The molecule has 21 heavy (non-hydrogen) atoms. The van der Waals surface area contributed by atoms with Gasteiger partial charge >= 0.3 is 0 Å². The van der Waals surface area contributed by atoms with E-state index in [9.17, 15) is 4.39 Å². The lowest BCUT2D eigenvalue weighted by Gasteiger charge is -2.21. The van der Waals surface area contributed by atoms with E-state index in [2.05, 4.69) is 42.2 Å². The number of rotatable bonds is 5. The van der Waals surface area contributed by atoms with Crippen LogP contribution in [-0.4, -0.2) is 18.6 Å². The van der Waals surface area contributed by atoms with Crippen LogP contribution < -0.4 is 10.1 Å². The first-order chi connectivity index (χ1) is 10.1. The number of ether oxygens (including phenoxy) is 1. The Morgan fingerprint density at radius 1 is 1.33 bits per heavy atom. The second-order valence-corrected chi connectivity index (χ2v) is 6.17. The predicted molar refractivity (Wildman–Crippen MR) is 88.1 cm³/mol. The Kier molecular flexibility index (Phi) is 5.72. The van der Waals surface area contributed by atoms with Gasteiger partial charge in [0.15, 0.2) is 0 Å². The molecule has 3 nitrogen and oxygen atoms in total. The quantitative estimate of drug-likeness (QED) is 0.780. The summed E-state index contributed by atoms with van der Waals surface area (Å²) in [6, 6.07) is 6.14. The molecule has 0 fully saturated rings. The van der Waals surface area contributed by atoms with Crippen molar-refractivity contribution in [1.29, 1.82) is 0 Å². The summed E-state index contributed by atoms with van der Waals surface area (Å²) >= 11 is 6.90. The van der Waals surface area contributed by atoms with Crippen molar-refractivity contribution in [2.45, 2.75) is 13.0 Å². The number of pyridine rings is 1. The predicted octanol–water partition coefficient (Wildman–Crippen LogP) is 4.45. The van der Waals surface area contributed by atoms with Gasteiger partial charge in [0, 0.05) is 20.7 Å². The van der Waals surface area contributed by atoms with E-state index in [1.165, 1.54) is 12.1 Å². The van der Waals surface area contributed by atoms with Crippen molar-refractivity contribution in [1.82, 2.24) is 10.3 Å². The highest BCUT2D eigenvalue weighted by Gasteiger charge is 2.22. The molecule has 1 N–H and O–H groups in total. The highest BCUT2D eigenvalue weighted by Crippen LogP contribution is 2.34. The number of nitrogens with one attached hydrogen (secondary N) is 1. The van der Waals surface area contributed by atoms with Crippen molar-refractivity contribution in [3.8, 4) is 5.75 Å². The van der Waals surface area contributed by atoms with E-state index in [0.717, 1.165) is 20.2 Å². The van der Waals surface area contributed by atoms with Crippen molar-refractivity contribution in [3.63, 3.8) is 0 Å². The standard InChI is InChI=1S/C15H15Br2FN2O/c1-3-19-14(15-12(17)6-9(16)8-20-15)11-7-10(18)4-5-13(11)21-2/h4-8,14,19H,3H2,1-2H3. The zero-order chi connectivity index (χ0) is 15.4. The summed E-state index contributed by atoms with van der Waals surface area (Å²) < 4.78 is 20.7. The van der Waals surface area contributed by atoms with Crippen LogP contribution in [0.3, 0.4) is 0 Å². The zero-order valence-electron chi connectivity index (χ0n) is 11.7. The molecular formula is C15H15Br2FN2O. The minimum atomic E-state index is -0.304. The van der Waals surface area contributed by atoms with Crippen LogP contribution in [0.15, 0.2) is 39.4 Å². The van der Waals surface area contributed by atoms with Crippen molar-refractivity contribution in [2.24, 2.45) is 0 Å². The molecule has 1 heterocycles. The van der Waals surface area contributed by atoms with Gasteiger partial charge in [-0.15, -0.1) is 0 Å². The summed E-state index contributed by atoms with van der Waals surface area (Å²) in [6.45, 7) is 2.71. The topological polar surface area (TPSA) is 34.1 Å². The Bertz CT molecular complexity index is 637. The van der Waals surface area contributed by atoms with Gasteiger partial charge in [0.1, 0.15) is 11.6 Å². The summed E-state index contributed by atoms with van der Waals surface area (Å²) in [6.07, 6.45) is 1.72. The molecule has 1 atom stereocenters. The number of methoxy groups -OCH3 is 1. The molecule has 0 saturated heterocycles. The van der Waals surface area contributed by atoms with E-state index in [-0.39, 0.29) is 11.9 Å². The van der Waals surface area contributed by atoms with E-state index in [4.69, 9.17) is 4.74 Å². The summed E-state index contributed by atoms with van der Waals surface area (Å²) in [5.74, 6) is 0.320. The molecule has 0 aliphatic rings. The maximum atomic E-state index is 13.6. The second kappa shape index (κ2) is 7.33. The van der Waals surface area contributed by atoms with Gasteiger partial charge in [-0.05, 0) is 62.7 Å².